The van der Waals surface area contributed by atoms with Gasteiger partial charge in [0, 0.05) is 0 Å². The number of hydrogen-bond acceptors (Lipinski definition) is 1. The molecule has 0 radical (unpaired) electrons. The van der Waals surface area contributed by atoms with Crippen LogP contribution in [0.1, 0.15) is 2.85 Å². The van der Waals surface area contributed by atoms with Gasteiger partial charge in [-0.3, -0.25) is 0 Å². The van der Waals surface area contributed by atoms with Crippen molar-refractivity contribution < 1.29 is 65.9 Å². The fourth-order valence-corrected chi connectivity index (χ4v) is 0. The molecule has 0 rings (SSSR count). The number of hydrogen-bond donors (Lipinski definition) is 3. The molecule has 19 N–H and O–H groups in total. The number of phosphoric acid groups is 1. The van der Waals surface area contributed by atoms with E-state index in [4.69, 9.17) is 19.2 Å². The van der Waals surface area contributed by atoms with E-state index in [1.165, 1.54) is 0 Å². The van der Waals surface area contributed by atoms with Crippen LogP contribution in [0.4, 0.5) is 0 Å². The van der Waals surface area contributed by atoms with E-state index in [1.54, 1.807) is 0 Å². The third-order valence-corrected chi connectivity index (χ3v) is 0. The van der Waals surface area contributed by atoms with Crippen LogP contribution in [0.5, 0.6) is 0 Å². The van der Waals surface area contributed by atoms with Gasteiger partial charge < -0.3 is 61.3 Å². The van der Waals surface area contributed by atoms with Crippen LogP contribution in [0.3, 0.4) is 0 Å². The predicted octanol–water partition coefficient (Wildman–Crippen LogP) is -7.68. The molecule has 12 nitrogen and oxygen atoms in total. The first-order chi connectivity index (χ1) is 2.00. The average Bonchev–Trinajstić information content (AvgIpc) is 0.722. The van der Waals surface area contributed by atoms with Crippen LogP contribution in [0.25, 0.3) is 0 Å². The molecule has 0 atom stereocenters. The van der Waals surface area contributed by atoms with E-state index in [0.717, 1.165) is 0 Å². The van der Waals surface area contributed by atoms with Crippen molar-refractivity contribution in [3.05, 3.63) is 0 Å². The summed E-state index contributed by atoms with van der Waals surface area (Å²) in [5.74, 6) is 0. The summed E-state index contributed by atoms with van der Waals surface area (Å²) in [6.45, 7) is 0. The largest absolute Gasteiger partial charge is 2.00 e. The van der Waals surface area contributed by atoms with Gasteiger partial charge in [0.15, 0.2) is 0 Å². The van der Waals surface area contributed by atoms with E-state index in [2.05, 4.69) is 0 Å². The minimum Gasteiger partial charge on any atom is -1.00 e. The molecular weight excluding hydrogens is 263 g/mol. The molecule has 0 fully saturated rings. The molecule has 0 aliphatic rings. The molecule has 100 valence electrons. The second kappa shape index (κ2) is 48.1. The summed E-state index contributed by atoms with van der Waals surface area (Å²) in [7, 11) is -4.64. The van der Waals surface area contributed by atoms with Gasteiger partial charge >= 0.3 is 45.6 Å². The van der Waals surface area contributed by atoms with Crippen molar-refractivity contribution in [2.24, 2.45) is 0 Å². The Hall–Kier alpha value is 1.05. The quantitative estimate of drug-likeness (QED) is 0.287. The van der Waals surface area contributed by atoms with Gasteiger partial charge in [-0.25, -0.2) is 4.57 Å². The molecule has 0 unspecified atom stereocenters. The maximum absolute atomic E-state index is 8.88. The zero-order chi connectivity index (χ0) is 4.50. The molecule has 0 aliphatic heterocycles. The smallest absolute Gasteiger partial charge is 1.00 e. The topological polar surface area (TPSA) is 330 Å². The molecule has 0 heterocycles. The molecule has 0 amide bonds. The van der Waals surface area contributed by atoms with Crippen LogP contribution in [-0.2, 0) is 4.57 Å². The van der Waals surface area contributed by atoms with E-state index >= 15 is 0 Å². The van der Waals surface area contributed by atoms with Crippen molar-refractivity contribution in [1.82, 2.24) is 0 Å². The summed E-state index contributed by atoms with van der Waals surface area (Å²) in [6.07, 6.45) is 0. The summed E-state index contributed by atoms with van der Waals surface area (Å²) in [6, 6.07) is 0. The second-order valence-corrected chi connectivity index (χ2v) is 1.54. The normalized spacial score (nSPS) is 4.21. The van der Waals surface area contributed by atoms with Crippen molar-refractivity contribution in [3.63, 3.8) is 0 Å². The van der Waals surface area contributed by atoms with Crippen LogP contribution in [0.2, 0.25) is 0 Å². The van der Waals surface area contributed by atoms with Crippen molar-refractivity contribution in [2.45, 2.75) is 0 Å². The Kier molecular flexibility index (Phi) is 401. The van der Waals surface area contributed by atoms with E-state index in [-0.39, 0.29) is 84.4 Å². The van der Waals surface area contributed by atoms with Gasteiger partial charge in [-0.2, -0.15) is 0 Å². The van der Waals surface area contributed by atoms with E-state index in [0.29, 0.717) is 0 Å². The molecule has 0 bridgehead atoms. The van der Waals surface area contributed by atoms with E-state index in [9.17, 15) is 0 Å². The van der Waals surface area contributed by atoms with Gasteiger partial charge in [0.2, 0.25) is 0 Å². The van der Waals surface area contributed by atoms with Crippen molar-refractivity contribution in [1.29, 1.82) is 0 Å². The summed E-state index contributed by atoms with van der Waals surface area (Å²) in [5, 5.41) is 0. The average molecular weight is 284 g/mol. The molecule has 0 aromatic rings. The van der Waals surface area contributed by atoms with Crippen LogP contribution in [-0.4, -0.2) is 96.2 Å². The van der Waals surface area contributed by atoms with Crippen molar-refractivity contribution in [3.8, 4) is 0 Å². The fraction of sp³-hybridized carbons (Fsp3) is 0. The molecule has 0 aliphatic carbocycles. The van der Waals surface area contributed by atoms with Gasteiger partial charge in [0.05, 0.1) is 0 Å². The van der Waals surface area contributed by atoms with Crippen LogP contribution in [0.15, 0.2) is 0 Å². The van der Waals surface area contributed by atoms with Crippen molar-refractivity contribution >= 4 is 45.6 Å². The second-order valence-electron chi connectivity index (χ2n) is 0.513. The molecule has 14 heavy (non-hydrogen) atoms. The van der Waals surface area contributed by atoms with Gasteiger partial charge in [0.1, 0.15) is 0 Å². The molecule has 0 saturated carbocycles. The molecule has 14 heteroatoms. The molecule has 0 spiro atoms. The molecule has 0 saturated heterocycles. The minimum atomic E-state index is -4.64. The summed E-state index contributed by atoms with van der Waals surface area (Å²) in [4.78, 5) is 21.6. The first-order valence-corrected chi connectivity index (χ1v) is 2.35. The zero-order valence-electron chi connectivity index (χ0n) is 8.90. The third kappa shape index (κ3) is 1720. The Morgan fingerprint density at radius 3 is 0.643 bits per heavy atom. The molecule has 0 aromatic carbocycles. The summed E-state index contributed by atoms with van der Waals surface area (Å²) in [5.41, 5.74) is 0. The Morgan fingerprint density at radius 1 is 0.643 bits per heavy atom. The van der Waals surface area contributed by atoms with Gasteiger partial charge in [-0.05, 0) is 0 Å². The first-order valence-electron chi connectivity index (χ1n) is 0.783. The Balaban J connectivity index is -0.00000000145. The maximum atomic E-state index is 8.88. The fourth-order valence-electron chi connectivity index (χ4n) is 0. The number of rotatable bonds is 0. The Labute approximate surface area is 111 Å². The summed E-state index contributed by atoms with van der Waals surface area (Å²) < 4.78 is 8.88. The SMILES string of the molecule is O.O.O.O.O.O.O.O.O=P(O)(O)O.[Ca+2].[H-].[H-]. The monoisotopic (exact) mass is 284 g/mol. The Bertz CT molecular complexity index is 65.2. The van der Waals surface area contributed by atoms with E-state index in [1.807, 2.05) is 0 Å². The maximum Gasteiger partial charge on any atom is 2.00 e. The third-order valence-electron chi connectivity index (χ3n) is 0. The van der Waals surface area contributed by atoms with Gasteiger partial charge in [-0.15, -0.1) is 0 Å². The predicted molar refractivity (Wildman–Crippen MR) is 51.2 cm³/mol. The van der Waals surface area contributed by atoms with Gasteiger partial charge in [-0.1, -0.05) is 0 Å². The van der Waals surface area contributed by atoms with Gasteiger partial charge in [0.25, 0.3) is 0 Å². The van der Waals surface area contributed by atoms with E-state index < -0.39 is 7.82 Å². The summed E-state index contributed by atoms with van der Waals surface area (Å²) >= 11 is 0. The standard InChI is InChI=1S/Ca.H3O4P.8H2O.2H/c;1-5(2,3)4;;;;;;;;;;/h;(H3,1,2,3,4);8*1H2;;/q+2;;;;;;;;;;2*-1. The minimum absolute atomic E-state index is 0. The van der Waals surface area contributed by atoms with Crippen LogP contribution < -0.4 is 0 Å². The zero-order valence-corrected chi connectivity index (χ0v) is 10.0. The van der Waals surface area contributed by atoms with Crippen LogP contribution in [0, 0.1) is 0 Å². The first kappa shape index (κ1) is 117. The molecular formula is H21CaO12P. The van der Waals surface area contributed by atoms with Crippen molar-refractivity contribution in [2.75, 3.05) is 0 Å². The van der Waals surface area contributed by atoms with Crippen LogP contribution >= 0.6 is 7.82 Å². The Morgan fingerprint density at radius 2 is 0.643 bits per heavy atom. The molecule has 0 aromatic heterocycles.